The van der Waals surface area contributed by atoms with E-state index in [2.05, 4.69) is 11.8 Å². The van der Waals surface area contributed by atoms with Crippen LogP contribution in [0.15, 0.2) is 41.7 Å². The summed E-state index contributed by atoms with van der Waals surface area (Å²) in [5.41, 5.74) is 0.862. The fourth-order valence-electron chi connectivity index (χ4n) is 1.47. The van der Waals surface area contributed by atoms with Crippen LogP contribution in [0, 0.1) is 11.8 Å². The largest absolute Gasteiger partial charge is 0.369 e. The molecule has 0 aliphatic rings. The molecule has 0 aliphatic carbocycles. The smallest absolute Gasteiger partial charge is 0.305 e. The Hall–Kier alpha value is -1.33. The lowest BCUT2D eigenvalue weighted by atomic mass is 10.2. The van der Waals surface area contributed by atoms with E-state index in [4.69, 9.17) is 9.05 Å². The lowest BCUT2D eigenvalue weighted by molar-refractivity contribution is 0.227. The maximum absolute atomic E-state index is 12.6. The Labute approximate surface area is 115 Å². The first kappa shape index (κ1) is 15.7. The Morgan fingerprint density at radius 2 is 1.79 bits per heavy atom. The molecule has 4 heteroatoms. The second-order valence-corrected chi connectivity index (χ2v) is 5.62. The molecule has 0 unspecified atom stereocenters. The number of hydrogen-bond donors (Lipinski definition) is 0. The van der Waals surface area contributed by atoms with Crippen molar-refractivity contribution in [2.45, 2.75) is 20.8 Å². The van der Waals surface area contributed by atoms with Crippen molar-refractivity contribution in [1.82, 2.24) is 0 Å². The summed E-state index contributed by atoms with van der Waals surface area (Å²) >= 11 is 0. The summed E-state index contributed by atoms with van der Waals surface area (Å²) < 4.78 is 23.1. The summed E-state index contributed by atoms with van der Waals surface area (Å²) in [7, 11) is -3.28. The minimum atomic E-state index is -3.28. The van der Waals surface area contributed by atoms with Gasteiger partial charge in [-0.05, 0) is 32.9 Å². The molecular weight excluding hydrogens is 259 g/mol. The zero-order valence-corrected chi connectivity index (χ0v) is 12.4. The number of allylic oxidation sites excluding steroid dienone is 2. The van der Waals surface area contributed by atoms with Crippen LogP contribution in [0.5, 0.6) is 0 Å². The summed E-state index contributed by atoms with van der Waals surface area (Å²) in [6.45, 7) is 5.98. The lowest BCUT2D eigenvalue weighted by Crippen LogP contribution is -1.97. The van der Waals surface area contributed by atoms with Crippen LogP contribution in [0.4, 0.5) is 0 Å². The third kappa shape index (κ3) is 4.69. The van der Waals surface area contributed by atoms with Gasteiger partial charge >= 0.3 is 7.60 Å². The summed E-state index contributed by atoms with van der Waals surface area (Å²) in [6, 6.07) is 9.53. The number of benzene rings is 1. The highest BCUT2D eigenvalue weighted by molar-refractivity contribution is 7.58. The van der Waals surface area contributed by atoms with Crippen LogP contribution >= 0.6 is 7.60 Å². The van der Waals surface area contributed by atoms with Crippen LogP contribution in [0.25, 0.3) is 0 Å². The van der Waals surface area contributed by atoms with E-state index in [-0.39, 0.29) is 0 Å². The van der Waals surface area contributed by atoms with Crippen LogP contribution in [-0.4, -0.2) is 13.2 Å². The second kappa shape index (κ2) is 7.96. The Balaban J connectivity index is 3.01. The van der Waals surface area contributed by atoms with Crippen molar-refractivity contribution in [3.8, 4) is 11.8 Å². The predicted octanol–water partition coefficient (Wildman–Crippen LogP) is 4.21. The normalized spacial score (nSPS) is 11.8. The van der Waals surface area contributed by atoms with Gasteiger partial charge in [0.05, 0.1) is 13.2 Å². The molecule has 0 atom stereocenters. The molecule has 0 saturated heterocycles. The summed E-state index contributed by atoms with van der Waals surface area (Å²) in [5, 5.41) is 0.403. The van der Waals surface area contributed by atoms with Crippen LogP contribution in [0.3, 0.4) is 0 Å². The molecule has 0 aromatic heterocycles. The summed E-state index contributed by atoms with van der Waals surface area (Å²) in [5.74, 6) is 5.86. The molecule has 0 N–H and O–H groups in total. The zero-order valence-electron chi connectivity index (χ0n) is 11.6. The molecule has 0 radical (unpaired) electrons. The average molecular weight is 278 g/mol. The van der Waals surface area contributed by atoms with E-state index in [1.54, 1.807) is 26.8 Å². The lowest BCUT2D eigenvalue weighted by Gasteiger charge is -2.16. The Morgan fingerprint density at radius 1 is 1.21 bits per heavy atom. The standard InChI is InChI=1S/C15H19O3P/c1-4-15(19(16,17-5-2)18-6-3)13-12-14-10-8-7-9-11-14/h4,7-11H,5-6H2,1-3H3/b15-4+. The van der Waals surface area contributed by atoms with Crippen molar-refractivity contribution in [3.63, 3.8) is 0 Å². The van der Waals surface area contributed by atoms with Crippen molar-refractivity contribution in [3.05, 3.63) is 47.3 Å². The Morgan fingerprint density at radius 3 is 2.26 bits per heavy atom. The monoisotopic (exact) mass is 278 g/mol. The van der Waals surface area contributed by atoms with Crippen LogP contribution < -0.4 is 0 Å². The van der Waals surface area contributed by atoms with Gasteiger partial charge in [-0.25, -0.2) is 0 Å². The van der Waals surface area contributed by atoms with Gasteiger partial charge in [0.1, 0.15) is 5.31 Å². The highest BCUT2D eigenvalue weighted by Gasteiger charge is 2.27. The number of rotatable bonds is 5. The molecule has 0 aliphatic heterocycles. The molecule has 0 bridgehead atoms. The van der Waals surface area contributed by atoms with Gasteiger partial charge in [-0.2, -0.15) is 0 Å². The van der Waals surface area contributed by atoms with Gasteiger partial charge in [-0.3, -0.25) is 4.57 Å². The van der Waals surface area contributed by atoms with Gasteiger partial charge in [0.15, 0.2) is 0 Å². The van der Waals surface area contributed by atoms with E-state index in [1.165, 1.54) is 0 Å². The molecular formula is C15H19O3P. The molecule has 0 heterocycles. The molecule has 0 fully saturated rings. The molecule has 1 rings (SSSR count). The fraction of sp³-hybridized carbons (Fsp3) is 0.333. The van der Waals surface area contributed by atoms with Crippen molar-refractivity contribution in [2.75, 3.05) is 13.2 Å². The van der Waals surface area contributed by atoms with E-state index >= 15 is 0 Å². The van der Waals surface area contributed by atoms with Crippen molar-refractivity contribution < 1.29 is 13.6 Å². The minimum Gasteiger partial charge on any atom is -0.305 e. The third-order valence-corrected chi connectivity index (χ3v) is 4.43. The van der Waals surface area contributed by atoms with Gasteiger partial charge in [0.25, 0.3) is 0 Å². The van der Waals surface area contributed by atoms with E-state index in [1.807, 2.05) is 30.3 Å². The molecule has 0 amide bonds. The summed E-state index contributed by atoms with van der Waals surface area (Å²) in [6.07, 6.45) is 1.68. The first-order valence-corrected chi connectivity index (χ1v) is 7.83. The predicted molar refractivity (Wildman–Crippen MR) is 77.9 cm³/mol. The maximum atomic E-state index is 12.6. The first-order chi connectivity index (χ1) is 9.16. The van der Waals surface area contributed by atoms with Gasteiger partial charge in [-0.15, -0.1) is 0 Å². The van der Waals surface area contributed by atoms with Crippen LogP contribution in [-0.2, 0) is 13.6 Å². The quantitative estimate of drug-likeness (QED) is 0.598. The minimum absolute atomic E-state index is 0.321. The van der Waals surface area contributed by atoms with Gasteiger partial charge < -0.3 is 9.05 Å². The molecule has 3 nitrogen and oxygen atoms in total. The summed E-state index contributed by atoms with van der Waals surface area (Å²) in [4.78, 5) is 0. The SMILES string of the molecule is C/C=C(\C#Cc1ccccc1)P(=O)(OCC)OCC. The van der Waals surface area contributed by atoms with Gasteiger partial charge in [0, 0.05) is 5.56 Å². The van der Waals surface area contributed by atoms with Crippen molar-refractivity contribution in [1.29, 1.82) is 0 Å². The van der Waals surface area contributed by atoms with Gasteiger partial charge in [0.2, 0.25) is 0 Å². The van der Waals surface area contributed by atoms with Crippen molar-refractivity contribution in [2.24, 2.45) is 0 Å². The van der Waals surface area contributed by atoms with E-state index < -0.39 is 7.60 Å². The Bertz CT molecular complexity index is 513. The third-order valence-electron chi connectivity index (χ3n) is 2.28. The molecule has 19 heavy (non-hydrogen) atoms. The molecule has 1 aromatic carbocycles. The first-order valence-electron chi connectivity index (χ1n) is 6.29. The maximum Gasteiger partial charge on any atom is 0.369 e. The van der Waals surface area contributed by atoms with E-state index in [0.717, 1.165) is 5.56 Å². The fourth-order valence-corrected chi connectivity index (χ4v) is 3.01. The highest BCUT2D eigenvalue weighted by Crippen LogP contribution is 2.55. The topological polar surface area (TPSA) is 35.5 Å². The van der Waals surface area contributed by atoms with Crippen molar-refractivity contribution >= 4 is 7.60 Å². The van der Waals surface area contributed by atoms with E-state index in [9.17, 15) is 4.57 Å². The highest BCUT2D eigenvalue weighted by atomic mass is 31.2. The molecule has 1 aromatic rings. The zero-order chi connectivity index (χ0) is 14.1. The van der Waals surface area contributed by atoms with Crippen LogP contribution in [0.1, 0.15) is 26.3 Å². The Kier molecular flexibility index (Phi) is 6.59. The molecule has 0 saturated carbocycles. The molecule has 0 spiro atoms. The van der Waals surface area contributed by atoms with Crippen LogP contribution in [0.2, 0.25) is 0 Å². The average Bonchev–Trinajstić information content (AvgIpc) is 2.41. The van der Waals surface area contributed by atoms with Gasteiger partial charge in [-0.1, -0.05) is 36.1 Å². The number of hydrogen-bond acceptors (Lipinski definition) is 3. The molecule has 102 valence electrons. The second-order valence-electron chi connectivity index (χ2n) is 3.62. The van der Waals surface area contributed by atoms with E-state index in [0.29, 0.717) is 18.5 Å².